The molecule has 2 aromatic rings. The highest BCUT2D eigenvalue weighted by atomic mass is 32.2. The zero-order valence-corrected chi connectivity index (χ0v) is 17.9. The maximum absolute atomic E-state index is 13.3. The van der Waals surface area contributed by atoms with Crippen molar-refractivity contribution in [1.29, 1.82) is 0 Å². The monoisotopic (exact) mass is 415 g/mol. The Balaban J connectivity index is 1.45. The van der Waals surface area contributed by atoms with E-state index in [2.05, 4.69) is 6.92 Å². The number of benzene rings is 2. The van der Waals surface area contributed by atoms with Crippen molar-refractivity contribution in [3.63, 3.8) is 0 Å². The van der Waals surface area contributed by atoms with Gasteiger partial charge in [0.1, 0.15) is 11.0 Å². The van der Waals surface area contributed by atoms with Gasteiger partial charge in [0.25, 0.3) is 0 Å². The van der Waals surface area contributed by atoms with Gasteiger partial charge in [-0.05, 0) is 43.0 Å². The minimum Gasteiger partial charge on any atom is -0.493 e. The maximum atomic E-state index is 13.3. The molecule has 0 N–H and O–H groups in total. The van der Waals surface area contributed by atoms with Gasteiger partial charge in [-0.3, -0.25) is 0 Å². The van der Waals surface area contributed by atoms with Crippen LogP contribution in [0.5, 0.6) is 5.75 Å². The van der Waals surface area contributed by atoms with Gasteiger partial charge in [0.15, 0.2) is 0 Å². The van der Waals surface area contributed by atoms with Crippen molar-refractivity contribution in [2.24, 2.45) is 5.41 Å². The molecule has 0 aromatic heterocycles. The van der Waals surface area contributed by atoms with Crippen LogP contribution in [0.3, 0.4) is 0 Å². The van der Waals surface area contributed by atoms with E-state index >= 15 is 0 Å². The Bertz CT molecular complexity index is 923. The average molecular weight is 416 g/mol. The van der Waals surface area contributed by atoms with Crippen LogP contribution in [0.15, 0.2) is 54.6 Å². The van der Waals surface area contributed by atoms with Gasteiger partial charge in [-0.15, -0.1) is 0 Å². The molecule has 2 aromatic carbocycles. The standard InChI is InChI=1S/C23H29NO4S/c1-18-8-13-22(20-6-4-3-5-7-20)29(25,26)24(18)14-19-9-11-21(12-10-19)28-17-23(2)15-27-16-23/h3-7,9-12,18,22H,8,13-17H2,1-2H3/t18-,22?/m0/s1. The summed E-state index contributed by atoms with van der Waals surface area (Å²) in [4.78, 5) is 0. The predicted molar refractivity (Wildman–Crippen MR) is 113 cm³/mol. The summed E-state index contributed by atoms with van der Waals surface area (Å²) in [6, 6.07) is 17.3. The van der Waals surface area contributed by atoms with E-state index in [0.29, 0.717) is 19.6 Å². The quantitative estimate of drug-likeness (QED) is 0.711. The van der Waals surface area contributed by atoms with E-state index in [9.17, 15) is 8.42 Å². The Labute approximate surface area is 173 Å². The lowest BCUT2D eigenvalue weighted by atomic mass is 9.90. The lowest BCUT2D eigenvalue weighted by molar-refractivity contribution is -0.120. The molecule has 6 heteroatoms. The first-order valence-electron chi connectivity index (χ1n) is 10.2. The highest BCUT2D eigenvalue weighted by molar-refractivity contribution is 7.89. The summed E-state index contributed by atoms with van der Waals surface area (Å²) in [6.07, 6.45) is 1.53. The summed E-state index contributed by atoms with van der Waals surface area (Å²) in [6.45, 7) is 6.63. The molecule has 0 saturated carbocycles. The Morgan fingerprint density at radius 3 is 2.38 bits per heavy atom. The third-order valence-electron chi connectivity index (χ3n) is 5.95. The molecule has 0 spiro atoms. The van der Waals surface area contributed by atoms with Gasteiger partial charge in [0.05, 0.1) is 19.8 Å². The van der Waals surface area contributed by atoms with E-state index < -0.39 is 15.3 Å². The van der Waals surface area contributed by atoms with Crippen molar-refractivity contribution in [3.05, 3.63) is 65.7 Å². The maximum Gasteiger partial charge on any atom is 0.221 e. The van der Waals surface area contributed by atoms with Crippen LogP contribution >= 0.6 is 0 Å². The Kier molecular flexibility index (Phi) is 5.69. The second-order valence-corrected chi connectivity index (χ2v) is 10.7. The fraction of sp³-hybridized carbons (Fsp3) is 0.478. The normalized spacial score (nSPS) is 25.9. The molecule has 2 atom stereocenters. The van der Waals surface area contributed by atoms with Gasteiger partial charge < -0.3 is 9.47 Å². The molecule has 2 aliphatic rings. The van der Waals surface area contributed by atoms with Crippen molar-refractivity contribution in [2.45, 2.75) is 44.5 Å². The number of nitrogens with zero attached hydrogens (tertiary/aromatic N) is 1. The van der Waals surface area contributed by atoms with Crippen LogP contribution in [0.4, 0.5) is 0 Å². The fourth-order valence-corrected chi connectivity index (χ4v) is 6.21. The number of hydrogen-bond donors (Lipinski definition) is 0. The van der Waals surface area contributed by atoms with Crippen LogP contribution in [0.1, 0.15) is 43.1 Å². The average Bonchev–Trinajstić information content (AvgIpc) is 2.69. The largest absolute Gasteiger partial charge is 0.493 e. The summed E-state index contributed by atoms with van der Waals surface area (Å²) < 4.78 is 39.5. The van der Waals surface area contributed by atoms with E-state index in [1.54, 1.807) is 4.31 Å². The molecular formula is C23H29NO4S. The third-order valence-corrected chi connectivity index (χ3v) is 8.32. The number of rotatable bonds is 6. The summed E-state index contributed by atoms with van der Waals surface area (Å²) >= 11 is 0. The second-order valence-electron chi connectivity index (χ2n) is 8.65. The van der Waals surface area contributed by atoms with Crippen LogP contribution in [-0.4, -0.2) is 38.6 Å². The van der Waals surface area contributed by atoms with E-state index in [1.807, 2.05) is 61.5 Å². The molecule has 2 heterocycles. The molecule has 4 rings (SSSR count). The zero-order chi connectivity index (χ0) is 20.5. The van der Waals surface area contributed by atoms with Crippen LogP contribution in [0.2, 0.25) is 0 Å². The highest BCUT2D eigenvalue weighted by Crippen LogP contribution is 2.38. The molecular weight excluding hydrogens is 386 g/mol. The van der Waals surface area contributed by atoms with Crippen LogP contribution in [-0.2, 0) is 21.3 Å². The van der Waals surface area contributed by atoms with E-state index in [-0.39, 0.29) is 11.5 Å². The molecule has 0 bridgehead atoms. The third kappa shape index (κ3) is 4.34. The topological polar surface area (TPSA) is 55.8 Å². The highest BCUT2D eigenvalue weighted by Gasteiger charge is 2.40. The molecule has 0 amide bonds. The molecule has 0 aliphatic carbocycles. The van der Waals surface area contributed by atoms with Gasteiger partial charge in [-0.2, -0.15) is 4.31 Å². The molecule has 2 saturated heterocycles. The Hall–Kier alpha value is -1.89. The van der Waals surface area contributed by atoms with E-state index in [0.717, 1.165) is 36.5 Å². The van der Waals surface area contributed by atoms with Crippen molar-refractivity contribution < 1.29 is 17.9 Å². The van der Waals surface area contributed by atoms with Crippen molar-refractivity contribution in [2.75, 3.05) is 19.8 Å². The molecule has 2 aliphatic heterocycles. The van der Waals surface area contributed by atoms with Crippen molar-refractivity contribution in [1.82, 2.24) is 4.31 Å². The van der Waals surface area contributed by atoms with E-state index in [1.165, 1.54) is 0 Å². The van der Waals surface area contributed by atoms with Crippen molar-refractivity contribution in [3.8, 4) is 5.75 Å². The van der Waals surface area contributed by atoms with Crippen LogP contribution in [0, 0.1) is 5.41 Å². The first-order chi connectivity index (χ1) is 13.9. The smallest absolute Gasteiger partial charge is 0.221 e. The number of hydrogen-bond acceptors (Lipinski definition) is 4. The minimum absolute atomic E-state index is 0.00513. The molecule has 0 radical (unpaired) electrons. The van der Waals surface area contributed by atoms with Gasteiger partial charge >= 0.3 is 0 Å². The number of sulfonamides is 1. The molecule has 2 fully saturated rings. The summed E-state index contributed by atoms with van der Waals surface area (Å²) in [5.74, 6) is 0.804. The molecule has 5 nitrogen and oxygen atoms in total. The predicted octanol–water partition coefficient (Wildman–Crippen LogP) is 4.16. The Morgan fingerprint density at radius 1 is 1.07 bits per heavy atom. The lowest BCUT2D eigenvalue weighted by Crippen LogP contribution is -2.44. The summed E-state index contributed by atoms with van der Waals surface area (Å²) in [5, 5.41) is -0.465. The van der Waals surface area contributed by atoms with Gasteiger partial charge in [0, 0.05) is 18.0 Å². The van der Waals surface area contributed by atoms with Gasteiger partial charge in [0.2, 0.25) is 10.0 Å². The van der Waals surface area contributed by atoms with Gasteiger partial charge in [-0.1, -0.05) is 49.4 Å². The first-order valence-corrected chi connectivity index (χ1v) is 11.7. The second kappa shape index (κ2) is 8.09. The van der Waals surface area contributed by atoms with Gasteiger partial charge in [-0.25, -0.2) is 8.42 Å². The SMILES string of the molecule is C[C@H]1CCC(c2ccccc2)S(=O)(=O)N1Cc1ccc(OCC2(C)COC2)cc1. The zero-order valence-electron chi connectivity index (χ0n) is 17.1. The van der Waals surface area contributed by atoms with Crippen LogP contribution in [0.25, 0.3) is 0 Å². The summed E-state index contributed by atoms with van der Waals surface area (Å²) in [7, 11) is -3.41. The fourth-order valence-electron chi connectivity index (χ4n) is 4.01. The number of ether oxygens (including phenoxy) is 2. The lowest BCUT2D eigenvalue weighted by Gasteiger charge is -2.38. The molecule has 29 heavy (non-hydrogen) atoms. The Morgan fingerprint density at radius 2 is 1.76 bits per heavy atom. The summed E-state index contributed by atoms with van der Waals surface area (Å²) in [5.41, 5.74) is 1.95. The van der Waals surface area contributed by atoms with Crippen molar-refractivity contribution >= 4 is 10.0 Å². The first kappa shape index (κ1) is 20.4. The molecule has 156 valence electrons. The van der Waals surface area contributed by atoms with Crippen LogP contribution < -0.4 is 4.74 Å². The van der Waals surface area contributed by atoms with E-state index in [4.69, 9.17) is 9.47 Å². The minimum atomic E-state index is -3.41. The molecule has 1 unspecified atom stereocenters.